The second kappa shape index (κ2) is 4.93. The van der Waals surface area contributed by atoms with Crippen molar-refractivity contribution in [1.82, 2.24) is 0 Å². The molecule has 0 fully saturated rings. The van der Waals surface area contributed by atoms with Crippen molar-refractivity contribution in [2.75, 3.05) is 6.61 Å². The summed E-state index contributed by atoms with van der Waals surface area (Å²) in [5.74, 6) is -0.355. The first-order valence-corrected chi connectivity index (χ1v) is 4.05. The third-order valence-electron chi connectivity index (χ3n) is 1.31. The van der Waals surface area contributed by atoms with Gasteiger partial charge < -0.3 is 10.5 Å². The predicted octanol–water partition coefficient (Wildman–Crippen LogP) is 1.23. The van der Waals surface area contributed by atoms with Gasteiger partial charge in [0.15, 0.2) is 0 Å². The van der Waals surface area contributed by atoms with Crippen LogP contribution >= 0.6 is 0 Å². The number of rotatable bonds is 5. The summed E-state index contributed by atoms with van der Waals surface area (Å²) in [5, 5.41) is 0. The minimum absolute atomic E-state index is 0.355. The van der Waals surface area contributed by atoms with Crippen molar-refractivity contribution < 1.29 is 9.53 Å². The monoisotopic (exact) mass is 171 g/mol. The van der Waals surface area contributed by atoms with E-state index in [0.29, 0.717) is 6.61 Å². The molecule has 0 spiro atoms. The maximum absolute atomic E-state index is 11.1. The van der Waals surface area contributed by atoms with Crippen molar-refractivity contribution >= 4 is 5.97 Å². The smallest absolute Gasteiger partial charge is 0.325 e. The lowest BCUT2D eigenvalue weighted by Gasteiger charge is -2.16. The van der Waals surface area contributed by atoms with Gasteiger partial charge >= 0.3 is 5.97 Å². The van der Waals surface area contributed by atoms with E-state index in [9.17, 15) is 4.79 Å². The van der Waals surface area contributed by atoms with Crippen LogP contribution in [0.2, 0.25) is 0 Å². The fourth-order valence-corrected chi connectivity index (χ4v) is 0.579. The number of carbonyl (C=O) groups excluding carboxylic acids is 1. The third-order valence-corrected chi connectivity index (χ3v) is 1.31. The van der Waals surface area contributed by atoms with Crippen LogP contribution in [-0.4, -0.2) is 18.1 Å². The molecule has 0 aromatic heterocycles. The van der Waals surface area contributed by atoms with Crippen LogP contribution in [0.1, 0.15) is 26.7 Å². The lowest BCUT2D eigenvalue weighted by atomic mass is 10.1. The van der Waals surface area contributed by atoms with E-state index in [4.69, 9.17) is 10.5 Å². The molecule has 3 nitrogen and oxygen atoms in total. The zero-order valence-electron chi connectivity index (χ0n) is 7.80. The van der Waals surface area contributed by atoms with Crippen LogP contribution in [0.3, 0.4) is 0 Å². The number of esters is 1. The van der Waals surface area contributed by atoms with E-state index in [1.54, 1.807) is 19.9 Å². The Labute approximate surface area is 73.6 Å². The Kier molecular flexibility index (Phi) is 4.59. The molecule has 0 aromatic carbocycles. The van der Waals surface area contributed by atoms with Gasteiger partial charge in [0.05, 0.1) is 6.61 Å². The molecule has 0 saturated heterocycles. The molecule has 0 atom stereocenters. The summed E-state index contributed by atoms with van der Waals surface area (Å²) in [4.78, 5) is 11.1. The summed E-state index contributed by atoms with van der Waals surface area (Å²) < 4.78 is 4.90. The van der Waals surface area contributed by atoms with Gasteiger partial charge in [0.2, 0.25) is 0 Å². The molecule has 70 valence electrons. The molecule has 0 aromatic rings. The van der Waals surface area contributed by atoms with Crippen LogP contribution in [0.25, 0.3) is 0 Å². The number of hydrogen-bond acceptors (Lipinski definition) is 3. The molecule has 0 heterocycles. The molecule has 0 rings (SSSR count). The minimum atomic E-state index is -0.881. The number of unbranched alkanes of at least 4 members (excludes halogenated alkanes) is 1. The number of carbonyl (C=O) groups is 1. The van der Waals surface area contributed by atoms with Crippen molar-refractivity contribution in [3.63, 3.8) is 0 Å². The molecule has 12 heavy (non-hydrogen) atoms. The number of allylic oxidation sites excluding steroid dienone is 1. The van der Waals surface area contributed by atoms with Crippen molar-refractivity contribution in [1.29, 1.82) is 0 Å². The second-order valence-corrected chi connectivity index (χ2v) is 3.29. The highest BCUT2D eigenvalue weighted by molar-refractivity contribution is 5.79. The predicted molar refractivity (Wildman–Crippen MR) is 48.7 cm³/mol. The van der Waals surface area contributed by atoms with E-state index >= 15 is 0 Å². The number of ether oxygens (including phenoxy) is 1. The van der Waals surface area contributed by atoms with Crippen molar-refractivity contribution in [3.8, 4) is 0 Å². The van der Waals surface area contributed by atoms with E-state index in [-0.39, 0.29) is 5.97 Å². The second-order valence-electron chi connectivity index (χ2n) is 3.29. The average Bonchev–Trinajstić information content (AvgIpc) is 1.96. The van der Waals surface area contributed by atoms with Gasteiger partial charge in [-0.2, -0.15) is 0 Å². The maximum atomic E-state index is 11.1. The molecule has 0 bridgehead atoms. The number of nitrogens with two attached hydrogens (primary N) is 1. The van der Waals surface area contributed by atoms with Crippen molar-refractivity contribution in [2.45, 2.75) is 32.2 Å². The molecular formula is C9H17NO2. The Hall–Kier alpha value is -0.830. The topological polar surface area (TPSA) is 52.3 Å². The fourth-order valence-electron chi connectivity index (χ4n) is 0.579. The van der Waals surface area contributed by atoms with Crippen LogP contribution in [0.4, 0.5) is 0 Å². The maximum Gasteiger partial charge on any atom is 0.325 e. The van der Waals surface area contributed by atoms with Crippen molar-refractivity contribution in [2.24, 2.45) is 5.73 Å². The summed E-state index contributed by atoms with van der Waals surface area (Å²) in [6, 6.07) is 0. The Bertz CT molecular complexity index is 158. The lowest BCUT2D eigenvalue weighted by Crippen LogP contribution is -2.42. The van der Waals surface area contributed by atoms with Gasteiger partial charge in [-0.15, -0.1) is 6.58 Å². The first-order valence-electron chi connectivity index (χ1n) is 4.05. The Balaban J connectivity index is 3.51. The van der Waals surface area contributed by atoms with Gasteiger partial charge in [0.1, 0.15) is 5.54 Å². The van der Waals surface area contributed by atoms with Gasteiger partial charge in [-0.25, -0.2) is 0 Å². The molecule has 0 unspecified atom stereocenters. The molecule has 0 aliphatic rings. The van der Waals surface area contributed by atoms with E-state index in [1.165, 1.54) is 0 Å². The first kappa shape index (κ1) is 11.2. The quantitative estimate of drug-likeness (QED) is 0.384. The van der Waals surface area contributed by atoms with Crippen LogP contribution in [-0.2, 0) is 9.53 Å². The van der Waals surface area contributed by atoms with Gasteiger partial charge in [-0.05, 0) is 26.7 Å². The average molecular weight is 171 g/mol. The lowest BCUT2D eigenvalue weighted by molar-refractivity contribution is -0.148. The van der Waals surface area contributed by atoms with Crippen LogP contribution in [0.15, 0.2) is 12.7 Å². The third kappa shape index (κ3) is 4.91. The highest BCUT2D eigenvalue weighted by Gasteiger charge is 2.23. The van der Waals surface area contributed by atoms with Crippen molar-refractivity contribution in [3.05, 3.63) is 12.7 Å². The normalized spacial score (nSPS) is 10.9. The Morgan fingerprint density at radius 2 is 2.25 bits per heavy atom. The zero-order valence-corrected chi connectivity index (χ0v) is 7.80. The molecule has 0 radical (unpaired) electrons. The Morgan fingerprint density at radius 1 is 1.67 bits per heavy atom. The summed E-state index contributed by atoms with van der Waals surface area (Å²) in [6.07, 6.45) is 3.46. The highest BCUT2D eigenvalue weighted by atomic mass is 16.5. The summed E-state index contributed by atoms with van der Waals surface area (Å²) in [6.45, 7) is 7.24. The fraction of sp³-hybridized carbons (Fsp3) is 0.667. The van der Waals surface area contributed by atoms with E-state index < -0.39 is 5.54 Å². The van der Waals surface area contributed by atoms with E-state index in [1.807, 2.05) is 0 Å². The standard InChI is InChI=1S/C9H17NO2/c1-4-5-6-7-12-8(11)9(2,3)10/h4H,1,5-7,10H2,2-3H3. The van der Waals surface area contributed by atoms with Gasteiger partial charge in [0, 0.05) is 0 Å². The Morgan fingerprint density at radius 3 is 2.67 bits per heavy atom. The van der Waals surface area contributed by atoms with Crippen LogP contribution in [0.5, 0.6) is 0 Å². The van der Waals surface area contributed by atoms with Crippen LogP contribution in [0, 0.1) is 0 Å². The van der Waals surface area contributed by atoms with Crippen LogP contribution < -0.4 is 5.73 Å². The van der Waals surface area contributed by atoms with E-state index in [2.05, 4.69) is 6.58 Å². The molecule has 0 amide bonds. The van der Waals surface area contributed by atoms with Gasteiger partial charge in [-0.1, -0.05) is 6.08 Å². The zero-order chi connectivity index (χ0) is 9.61. The SMILES string of the molecule is C=CCCCOC(=O)C(C)(C)N. The summed E-state index contributed by atoms with van der Waals surface area (Å²) in [5.41, 5.74) is 4.62. The molecule has 2 N–H and O–H groups in total. The minimum Gasteiger partial charge on any atom is -0.464 e. The molecule has 0 aliphatic heterocycles. The molecule has 0 saturated carbocycles. The number of hydrogen-bond donors (Lipinski definition) is 1. The van der Waals surface area contributed by atoms with Gasteiger partial charge in [-0.3, -0.25) is 4.79 Å². The first-order chi connectivity index (χ1) is 5.48. The molecular weight excluding hydrogens is 154 g/mol. The largest absolute Gasteiger partial charge is 0.464 e. The van der Waals surface area contributed by atoms with Gasteiger partial charge in [0.25, 0.3) is 0 Å². The van der Waals surface area contributed by atoms with E-state index in [0.717, 1.165) is 12.8 Å². The summed E-state index contributed by atoms with van der Waals surface area (Å²) in [7, 11) is 0. The summed E-state index contributed by atoms with van der Waals surface area (Å²) >= 11 is 0. The highest BCUT2D eigenvalue weighted by Crippen LogP contribution is 2.01. The molecule has 0 aliphatic carbocycles. The molecule has 3 heteroatoms.